The zero-order chi connectivity index (χ0) is 22.2. The normalized spacial score (nSPS) is 12.3. The van der Waals surface area contributed by atoms with Crippen molar-refractivity contribution in [1.29, 1.82) is 0 Å². The van der Waals surface area contributed by atoms with Gasteiger partial charge < -0.3 is 5.11 Å². The van der Waals surface area contributed by atoms with Crippen molar-refractivity contribution in [3.05, 3.63) is 57.6 Å². The molecule has 15 heteroatoms. The predicted octanol–water partition coefficient (Wildman–Crippen LogP) is 3.80. The first-order valence-corrected chi connectivity index (χ1v) is 8.87. The molecule has 1 N–H and O–H groups in total. The Morgan fingerprint density at radius 2 is 1.37 bits per heavy atom. The lowest BCUT2D eigenvalue weighted by atomic mass is 9.93. The number of hydrogen-bond acceptors (Lipinski definition) is 5. The van der Waals surface area contributed by atoms with Crippen LogP contribution in [-0.4, -0.2) is 33.8 Å². The Kier molecular flexibility index (Phi) is 6.14. The summed E-state index contributed by atoms with van der Waals surface area (Å²) in [5.41, 5.74) is -2.79. The van der Waals surface area contributed by atoms with E-state index in [1.165, 1.54) is 0 Å². The molecule has 0 amide bonds. The van der Waals surface area contributed by atoms with Gasteiger partial charge in [0, 0.05) is 11.6 Å². The van der Waals surface area contributed by atoms with Crippen LogP contribution in [0.25, 0.3) is 0 Å². The number of halogens is 6. The molecule has 0 bridgehead atoms. The summed E-state index contributed by atoms with van der Waals surface area (Å²) >= 11 is 9.75. The first kappa shape index (κ1) is 22.2. The Morgan fingerprint density at radius 3 is 1.73 bits per heavy atom. The minimum Gasteiger partial charge on any atom is -0.381 e. The van der Waals surface area contributed by atoms with Crippen LogP contribution in [0.3, 0.4) is 0 Å². The quantitative estimate of drug-likeness (QED) is 0.421. The third-order valence-corrected chi connectivity index (χ3v) is 5.03. The van der Waals surface area contributed by atoms with Gasteiger partial charge in [-0.2, -0.15) is 27.8 Å². The maximum Gasteiger partial charge on any atom is 0.321 e. The topological polar surface area (TPSA) is 65.7 Å². The second-order valence-electron chi connectivity index (χ2n) is 6.17. The summed E-state index contributed by atoms with van der Waals surface area (Å²) in [5, 5.41) is 18.5. The van der Waals surface area contributed by atoms with E-state index in [1.54, 1.807) is 0 Å². The fraction of sp³-hybridized carbons (Fsp3) is 0.333. The van der Waals surface area contributed by atoms with Gasteiger partial charge in [0.2, 0.25) is 9.54 Å². The second-order valence-corrected chi connectivity index (χ2v) is 6.90. The van der Waals surface area contributed by atoms with Crippen molar-refractivity contribution in [3.8, 4) is 0 Å². The first-order chi connectivity index (χ1) is 14.0. The summed E-state index contributed by atoms with van der Waals surface area (Å²) < 4.78 is 80.9. The summed E-state index contributed by atoms with van der Waals surface area (Å²) in [6.07, 6.45) is 1.43. The molecule has 1 aromatic carbocycles. The van der Waals surface area contributed by atoms with Crippen molar-refractivity contribution < 1.29 is 31.4 Å². The van der Waals surface area contributed by atoms with Gasteiger partial charge in [0.05, 0.1) is 13.1 Å². The van der Waals surface area contributed by atoms with E-state index in [-0.39, 0.29) is 0 Å². The number of hydrogen-bond donors (Lipinski definition) is 1. The van der Waals surface area contributed by atoms with Crippen LogP contribution in [0.4, 0.5) is 26.3 Å². The average molecular weight is 470 g/mol. The van der Waals surface area contributed by atoms with Gasteiger partial charge in [-0.25, -0.2) is 27.3 Å². The van der Waals surface area contributed by atoms with Crippen LogP contribution >= 0.6 is 24.4 Å². The van der Waals surface area contributed by atoms with E-state index >= 15 is 0 Å². The first-order valence-electron chi connectivity index (χ1n) is 8.05. The van der Waals surface area contributed by atoms with Crippen LogP contribution in [0, 0.1) is 21.2 Å². The Labute approximate surface area is 174 Å². The highest BCUT2D eigenvalue weighted by molar-refractivity contribution is 7.71. The predicted molar refractivity (Wildman–Crippen MR) is 94.9 cm³/mol. The van der Waals surface area contributed by atoms with E-state index in [9.17, 15) is 31.4 Å². The number of aromatic nitrogens is 6. The molecule has 7 nitrogen and oxygen atoms in total. The number of nitrogens with zero attached hydrogens (tertiary/aromatic N) is 6. The van der Waals surface area contributed by atoms with Crippen molar-refractivity contribution in [3.63, 3.8) is 0 Å². The molecule has 0 spiro atoms. The average Bonchev–Trinajstić information content (AvgIpc) is 3.18. The molecule has 0 aliphatic heterocycles. The Bertz CT molecular complexity index is 1110. The Balaban J connectivity index is 2.09. The third-order valence-electron chi connectivity index (χ3n) is 4.19. The molecular formula is C15H12F6N6OS2. The summed E-state index contributed by atoms with van der Waals surface area (Å²) in [6, 6.07) is 2.28. The minimum absolute atomic E-state index is 0.327. The molecule has 0 aliphatic carbocycles. The van der Waals surface area contributed by atoms with Crippen molar-refractivity contribution in [2.24, 2.45) is 0 Å². The molecule has 3 rings (SSSR count). The Hall–Kier alpha value is -2.52. The zero-order valence-corrected chi connectivity index (χ0v) is 16.3. The van der Waals surface area contributed by atoms with Crippen molar-refractivity contribution in [2.75, 3.05) is 0 Å². The summed E-state index contributed by atoms with van der Waals surface area (Å²) in [6.45, 7) is -7.40. The molecule has 0 atom stereocenters. The van der Waals surface area contributed by atoms with Gasteiger partial charge in [0.25, 0.3) is 0 Å². The highest BCUT2D eigenvalue weighted by Gasteiger charge is 2.36. The fourth-order valence-corrected chi connectivity index (χ4v) is 3.24. The van der Waals surface area contributed by atoms with Crippen molar-refractivity contribution in [2.45, 2.75) is 31.8 Å². The third kappa shape index (κ3) is 4.17. The minimum atomic E-state index is -3.02. The van der Waals surface area contributed by atoms with Gasteiger partial charge in [-0.3, -0.25) is 0 Å². The largest absolute Gasteiger partial charge is 0.381 e. The molecule has 0 fully saturated rings. The maximum atomic E-state index is 14.5. The molecular weight excluding hydrogens is 458 g/mol. The van der Waals surface area contributed by atoms with E-state index in [0.717, 1.165) is 21.5 Å². The van der Waals surface area contributed by atoms with E-state index in [1.807, 2.05) is 0 Å². The highest BCUT2D eigenvalue weighted by Crippen LogP contribution is 2.29. The van der Waals surface area contributed by atoms with Gasteiger partial charge in [0.1, 0.15) is 29.9 Å². The number of rotatable bonds is 7. The number of alkyl halides is 4. The molecule has 162 valence electrons. The molecule has 3 aromatic rings. The molecule has 30 heavy (non-hydrogen) atoms. The van der Waals surface area contributed by atoms with Crippen LogP contribution < -0.4 is 0 Å². The van der Waals surface area contributed by atoms with Crippen LogP contribution in [0.1, 0.15) is 18.7 Å². The van der Waals surface area contributed by atoms with Crippen molar-refractivity contribution in [1.82, 2.24) is 28.7 Å². The van der Waals surface area contributed by atoms with Gasteiger partial charge in [-0.15, -0.1) is 0 Å². The zero-order valence-electron chi connectivity index (χ0n) is 14.7. The van der Waals surface area contributed by atoms with E-state index in [0.29, 0.717) is 27.9 Å². The lowest BCUT2D eigenvalue weighted by Crippen LogP contribution is -2.38. The van der Waals surface area contributed by atoms with Crippen LogP contribution in [0.15, 0.2) is 30.9 Å². The molecule has 2 aromatic heterocycles. The van der Waals surface area contributed by atoms with Crippen LogP contribution in [0.2, 0.25) is 0 Å². The van der Waals surface area contributed by atoms with Gasteiger partial charge >= 0.3 is 13.1 Å². The summed E-state index contributed by atoms with van der Waals surface area (Å²) in [4.78, 5) is 0. The van der Waals surface area contributed by atoms with E-state index in [2.05, 4.69) is 10.2 Å². The molecule has 2 heterocycles. The summed E-state index contributed by atoms with van der Waals surface area (Å²) in [5.74, 6) is -2.10. The molecule has 0 unspecified atom stereocenters. The SMILES string of the molecule is OC(Cn1ncn(C(F)F)c1=S)(Cn1ncn(C(F)F)c1=S)c1ccc(F)cc1F. The Morgan fingerprint density at radius 1 is 0.900 bits per heavy atom. The van der Waals surface area contributed by atoms with Crippen LogP contribution in [-0.2, 0) is 18.7 Å². The highest BCUT2D eigenvalue weighted by atomic mass is 32.1. The molecule has 0 saturated heterocycles. The lowest BCUT2D eigenvalue weighted by Gasteiger charge is -2.28. The smallest absolute Gasteiger partial charge is 0.321 e. The molecule has 0 aliphatic rings. The van der Waals surface area contributed by atoms with Gasteiger partial charge in [-0.05, 0) is 30.5 Å². The van der Waals surface area contributed by atoms with Crippen molar-refractivity contribution >= 4 is 24.4 Å². The number of aliphatic hydroxyl groups is 1. The van der Waals surface area contributed by atoms with Gasteiger partial charge in [0.15, 0.2) is 0 Å². The van der Waals surface area contributed by atoms with Crippen LogP contribution in [0.5, 0.6) is 0 Å². The van der Waals surface area contributed by atoms with E-state index in [4.69, 9.17) is 24.4 Å². The maximum absolute atomic E-state index is 14.5. The molecule has 0 saturated carbocycles. The van der Waals surface area contributed by atoms with Gasteiger partial charge in [-0.1, -0.05) is 6.07 Å². The summed E-state index contributed by atoms with van der Waals surface area (Å²) in [7, 11) is 0. The lowest BCUT2D eigenvalue weighted by molar-refractivity contribution is -0.0107. The van der Waals surface area contributed by atoms with E-state index < -0.39 is 58.5 Å². The second kappa shape index (κ2) is 8.31. The number of benzene rings is 1. The fourth-order valence-electron chi connectivity index (χ4n) is 2.77. The monoisotopic (exact) mass is 470 g/mol. The molecule has 0 radical (unpaired) electrons. The standard InChI is InChI=1S/C15H12F6N6OS2/c16-8-1-2-9(10(17)3-8)15(28,4-26-13(29)24(6-22-26)11(18)19)5-27-14(30)25(7-23-27)12(20)21/h1-3,6-7,11-12,28H,4-5H2.